The molecule has 0 aliphatic carbocycles. The molecule has 0 amide bonds. The van der Waals surface area contributed by atoms with Crippen LogP contribution in [0.2, 0.25) is 0 Å². The van der Waals surface area contributed by atoms with Gasteiger partial charge in [-0.2, -0.15) is 22.1 Å². The highest BCUT2D eigenvalue weighted by Crippen LogP contribution is 2.30. The van der Waals surface area contributed by atoms with Gasteiger partial charge in [-0.1, -0.05) is 27.7 Å². The number of nitriles is 1. The molecule has 0 saturated carbocycles. The molecular formula is C15H22N4S. The number of thioether (sulfide) groups is 1. The van der Waals surface area contributed by atoms with Crippen molar-refractivity contribution in [2.45, 2.75) is 51.0 Å². The molecule has 108 valence electrons. The van der Waals surface area contributed by atoms with Crippen LogP contribution in [-0.2, 0) is 12.8 Å². The molecule has 2 heterocycles. The average molecular weight is 290 g/mol. The van der Waals surface area contributed by atoms with Crippen molar-refractivity contribution in [2.24, 2.45) is 0 Å². The Kier molecular flexibility index (Phi) is 4.87. The molecule has 20 heavy (non-hydrogen) atoms. The van der Waals surface area contributed by atoms with Crippen LogP contribution in [0, 0.1) is 11.3 Å². The summed E-state index contributed by atoms with van der Waals surface area (Å²) in [6, 6.07) is 2.37. The Balaban J connectivity index is 2.44. The van der Waals surface area contributed by atoms with E-state index in [-0.39, 0.29) is 0 Å². The van der Waals surface area contributed by atoms with Crippen LogP contribution in [0.1, 0.15) is 44.5 Å². The van der Waals surface area contributed by atoms with E-state index in [0.29, 0.717) is 10.5 Å². The Hall–Kier alpha value is -1.28. The Morgan fingerprint density at radius 3 is 2.35 bits per heavy atom. The quantitative estimate of drug-likeness (QED) is 0.857. The Labute approximate surface area is 125 Å². The van der Waals surface area contributed by atoms with Crippen molar-refractivity contribution in [3.63, 3.8) is 0 Å². The zero-order valence-corrected chi connectivity index (χ0v) is 13.5. The molecule has 1 fully saturated rings. The van der Waals surface area contributed by atoms with Crippen molar-refractivity contribution in [1.82, 2.24) is 10.2 Å². The lowest BCUT2D eigenvalue weighted by molar-refractivity contribution is 0.704. The van der Waals surface area contributed by atoms with Gasteiger partial charge in [0.05, 0.1) is 5.69 Å². The number of rotatable bonds is 3. The lowest BCUT2D eigenvalue weighted by Crippen LogP contribution is -2.41. The number of aromatic nitrogens is 2. The fourth-order valence-electron chi connectivity index (χ4n) is 2.85. The minimum atomic E-state index is 0.558. The normalized spacial score (nSPS) is 22.6. The predicted octanol–water partition coefficient (Wildman–Crippen LogP) is 2.80. The minimum Gasteiger partial charge on any atom is -0.352 e. The van der Waals surface area contributed by atoms with E-state index >= 15 is 0 Å². The van der Waals surface area contributed by atoms with Gasteiger partial charge in [0.1, 0.15) is 11.6 Å². The first-order valence-corrected chi connectivity index (χ1v) is 8.23. The standard InChI is InChI=1S/C15H22N4S/c1-5-12-13(7-16)15(18-17-14(12)6-2)19-8-10(3)20-11(4)9-19/h10-11H,5-6,8-9H2,1-4H3. The summed E-state index contributed by atoms with van der Waals surface area (Å²) in [5.74, 6) is 0.778. The minimum absolute atomic E-state index is 0.558. The molecule has 2 unspecified atom stereocenters. The second kappa shape index (κ2) is 6.45. The molecule has 0 bridgehead atoms. The summed E-state index contributed by atoms with van der Waals surface area (Å²) >= 11 is 2.00. The molecule has 0 aromatic carbocycles. The van der Waals surface area contributed by atoms with Crippen molar-refractivity contribution in [2.75, 3.05) is 18.0 Å². The summed E-state index contributed by atoms with van der Waals surface area (Å²) in [4.78, 5) is 2.23. The van der Waals surface area contributed by atoms with Crippen molar-refractivity contribution in [1.29, 1.82) is 5.26 Å². The van der Waals surface area contributed by atoms with E-state index in [4.69, 9.17) is 0 Å². The summed E-state index contributed by atoms with van der Waals surface area (Å²) < 4.78 is 0. The van der Waals surface area contributed by atoms with Crippen LogP contribution in [0.15, 0.2) is 0 Å². The zero-order valence-electron chi connectivity index (χ0n) is 12.7. The molecule has 1 aliphatic heterocycles. The molecular weight excluding hydrogens is 268 g/mol. The first-order valence-electron chi connectivity index (χ1n) is 7.29. The second-order valence-corrected chi connectivity index (χ2v) is 7.19. The molecule has 1 aromatic rings. The van der Waals surface area contributed by atoms with Crippen LogP contribution in [0.3, 0.4) is 0 Å². The first kappa shape index (κ1) is 15.1. The molecule has 0 spiro atoms. The van der Waals surface area contributed by atoms with Crippen LogP contribution in [0.25, 0.3) is 0 Å². The van der Waals surface area contributed by atoms with Crippen molar-refractivity contribution >= 4 is 17.6 Å². The van der Waals surface area contributed by atoms with Gasteiger partial charge in [-0.3, -0.25) is 0 Å². The highest BCUT2D eigenvalue weighted by atomic mass is 32.2. The molecule has 2 atom stereocenters. The Bertz CT molecular complexity index is 513. The van der Waals surface area contributed by atoms with Crippen LogP contribution < -0.4 is 4.90 Å². The van der Waals surface area contributed by atoms with E-state index in [0.717, 1.165) is 48.6 Å². The number of nitrogens with zero attached hydrogens (tertiary/aromatic N) is 4. The lowest BCUT2D eigenvalue weighted by Gasteiger charge is -2.35. The van der Waals surface area contributed by atoms with Crippen molar-refractivity contribution in [3.05, 3.63) is 16.8 Å². The topological polar surface area (TPSA) is 52.8 Å². The van der Waals surface area contributed by atoms with Gasteiger partial charge in [-0.15, -0.1) is 5.10 Å². The summed E-state index contributed by atoms with van der Waals surface area (Å²) in [6.45, 7) is 10.5. The van der Waals surface area contributed by atoms with Gasteiger partial charge < -0.3 is 4.90 Å². The van der Waals surface area contributed by atoms with E-state index in [9.17, 15) is 5.26 Å². The highest BCUT2D eigenvalue weighted by molar-refractivity contribution is 8.00. The van der Waals surface area contributed by atoms with Gasteiger partial charge >= 0.3 is 0 Å². The van der Waals surface area contributed by atoms with E-state index in [1.807, 2.05) is 11.8 Å². The fraction of sp³-hybridized carbons (Fsp3) is 0.667. The van der Waals surface area contributed by atoms with Crippen molar-refractivity contribution in [3.8, 4) is 6.07 Å². The SMILES string of the molecule is CCc1nnc(N2CC(C)SC(C)C2)c(C#N)c1CC. The third-order valence-electron chi connectivity index (χ3n) is 3.66. The van der Waals surface area contributed by atoms with Gasteiger partial charge in [-0.05, 0) is 18.4 Å². The Morgan fingerprint density at radius 2 is 1.85 bits per heavy atom. The number of hydrogen-bond acceptors (Lipinski definition) is 5. The summed E-state index contributed by atoms with van der Waals surface area (Å²) in [7, 11) is 0. The predicted molar refractivity (Wildman–Crippen MR) is 84.2 cm³/mol. The van der Waals surface area contributed by atoms with Crippen LogP contribution >= 0.6 is 11.8 Å². The highest BCUT2D eigenvalue weighted by Gasteiger charge is 2.26. The lowest BCUT2D eigenvalue weighted by atomic mass is 10.0. The molecule has 5 heteroatoms. The molecule has 0 N–H and O–H groups in total. The first-order chi connectivity index (χ1) is 9.60. The van der Waals surface area contributed by atoms with E-state index in [1.165, 1.54) is 0 Å². The molecule has 1 aromatic heterocycles. The molecule has 1 saturated heterocycles. The largest absolute Gasteiger partial charge is 0.352 e. The molecule has 4 nitrogen and oxygen atoms in total. The third-order valence-corrected chi connectivity index (χ3v) is 4.89. The van der Waals surface area contributed by atoms with Crippen molar-refractivity contribution < 1.29 is 0 Å². The van der Waals surface area contributed by atoms with Gasteiger partial charge in [0, 0.05) is 23.6 Å². The van der Waals surface area contributed by atoms with Crippen LogP contribution in [-0.4, -0.2) is 33.8 Å². The fourth-order valence-corrected chi connectivity index (χ4v) is 4.18. The van der Waals surface area contributed by atoms with Gasteiger partial charge in [0.2, 0.25) is 0 Å². The van der Waals surface area contributed by atoms with E-state index in [1.54, 1.807) is 0 Å². The number of hydrogen-bond donors (Lipinski definition) is 0. The molecule has 0 radical (unpaired) electrons. The Morgan fingerprint density at radius 1 is 1.20 bits per heavy atom. The smallest absolute Gasteiger partial charge is 0.169 e. The maximum atomic E-state index is 9.56. The van der Waals surface area contributed by atoms with Crippen LogP contribution in [0.4, 0.5) is 5.82 Å². The number of anilines is 1. The maximum absolute atomic E-state index is 9.56. The zero-order chi connectivity index (χ0) is 14.7. The average Bonchev–Trinajstić information content (AvgIpc) is 2.44. The number of aryl methyl sites for hydroxylation is 1. The van der Waals surface area contributed by atoms with Gasteiger partial charge in [-0.25, -0.2) is 0 Å². The monoisotopic (exact) mass is 290 g/mol. The van der Waals surface area contributed by atoms with E-state index in [2.05, 4.69) is 48.9 Å². The summed E-state index contributed by atoms with van der Waals surface area (Å²) in [5.41, 5.74) is 2.75. The maximum Gasteiger partial charge on any atom is 0.169 e. The van der Waals surface area contributed by atoms with Crippen LogP contribution in [0.5, 0.6) is 0 Å². The van der Waals surface area contributed by atoms with Gasteiger partial charge in [0.25, 0.3) is 0 Å². The second-order valence-electron chi connectivity index (χ2n) is 5.31. The van der Waals surface area contributed by atoms with E-state index < -0.39 is 0 Å². The van der Waals surface area contributed by atoms with Gasteiger partial charge in [0.15, 0.2) is 5.82 Å². The third kappa shape index (κ3) is 2.90. The molecule has 1 aliphatic rings. The molecule has 2 rings (SSSR count). The summed E-state index contributed by atoms with van der Waals surface area (Å²) in [5, 5.41) is 19.4. The summed E-state index contributed by atoms with van der Waals surface area (Å²) in [6.07, 6.45) is 1.66.